The molecule has 22 heavy (non-hydrogen) atoms. The van der Waals surface area contributed by atoms with Crippen LogP contribution in [0.5, 0.6) is 5.75 Å². The Bertz CT molecular complexity index is 751. The van der Waals surface area contributed by atoms with Crippen molar-refractivity contribution in [3.8, 4) is 17.0 Å². The van der Waals surface area contributed by atoms with Gasteiger partial charge in [-0.25, -0.2) is 4.79 Å². The van der Waals surface area contributed by atoms with E-state index in [-0.39, 0.29) is 23.7 Å². The first-order valence-electron chi connectivity index (χ1n) is 6.22. The third-order valence-electron chi connectivity index (χ3n) is 2.97. The number of methoxy groups -OCH3 is 1. The van der Waals surface area contributed by atoms with E-state index in [0.29, 0.717) is 11.3 Å². The van der Waals surface area contributed by atoms with Gasteiger partial charge in [-0.3, -0.25) is 14.8 Å². The Morgan fingerprint density at radius 3 is 2.82 bits per heavy atom. The van der Waals surface area contributed by atoms with Gasteiger partial charge in [-0.2, -0.15) is 5.10 Å². The predicted octanol–water partition coefficient (Wildman–Crippen LogP) is 2.35. The molecular weight excluding hydrogens is 290 g/mol. The molecule has 114 valence electrons. The Morgan fingerprint density at radius 2 is 2.27 bits per heavy atom. The van der Waals surface area contributed by atoms with Gasteiger partial charge in [0.25, 0.3) is 0 Å². The fraction of sp³-hybridized carbons (Fsp3) is 0.143. The summed E-state index contributed by atoms with van der Waals surface area (Å²) in [6, 6.07) is 5.68. The number of ether oxygens (including phenoxy) is 1. The monoisotopic (exact) mass is 303 g/mol. The zero-order chi connectivity index (χ0) is 16.3. The van der Waals surface area contributed by atoms with Gasteiger partial charge in [-0.15, -0.1) is 6.58 Å². The van der Waals surface area contributed by atoms with Crippen LogP contribution in [0.2, 0.25) is 0 Å². The summed E-state index contributed by atoms with van der Waals surface area (Å²) in [5.74, 6) is -1.01. The van der Waals surface area contributed by atoms with Crippen molar-refractivity contribution in [2.75, 3.05) is 7.11 Å². The van der Waals surface area contributed by atoms with Crippen LogP contribution in [0, 0.1) is 10.1 Å². The molecule has 8 nitrogen and oxygen atoms in total. The molecule has 0 atom stereocenters. The molecule has 0 radical (unpaired) electrons. The second-order valence-electron chi connectivity index (χ2n) is 4.33. The number of nitrogens with zero attached hydrogens (tertiary/aromatic N) is 3. The van der Waals surface area contributed by atoms with E-state index in [1.54, 1.807) is 6.07 Å². The summed E-state index contributed by atoms with van der Waals surface area (Å²) in [5.41, 5.74) is 0.520. The van der Waals surface area contributed by atoms with Gasteiger partial charge < -0.3 is 9.84 Å². The molecule has 0 bridgehead atoms. The van der Waals surface area contributed by atoms with E-state index >= 15 is 0 Å². The molecule has 2 aromatic rings. The van der Waals surface area contributed by atoms with Crippen LogP contribution < -0.4 is 4.74 Å². The van der Waals surface area contributed by atoms with Gasteiger partial charge in [0.2, 0.25) is 0 Å². The third-order valence-corrected chi connectivity index (χ3v) is 2.97. The number of benzene rings is 1. The molecule has 0 fully saturated rings. The lowest BCUT2D eigenvalue weighted by Crippen LogP contribution is -2.08. The van der Waals surface area contributed by atoms with E-state index < -0.39 is 10.9 Å². The first-order valence-corrected chi connectivity index (χ1v) is 6.22. The molecule has 1 N–H and O–H groups in total. The zero-order valence-corrected chi connectivity index (χ0v) is 11.7. The lowest BCUT2D eigenvalue weighted by molar-refractivity contribution is -0.385. The molecule has 0 saturated carbocycles. The van der Waals surface area contributed by atoms with E-state index in [1.165, 1.54) is 36.1 Å². The van der Waals surface area contributed by atoms with Crippen molar-refractivity contribution in [1.29, 1.82) is 0 Å². The van der Waals surface area contributed by atoms with Crippen LogP contribution in [-0.4, -0.2) is 32.9 Å². The Kier molecular flexibility index (Phi) is 4.21. The van der Waals surface area contributed by atoms with Gasteiger partial charge in [0, 0.05) is 11.6 Å². The van der Waals surface area contributed by atoms with Crippen LogP contribution >= 0.6 is 0 Å². The molecule has 2 rings (SSSR count). The van der Waals surface area contributed by atoms with Gasteiger partial charge in [0.05, 0.1) is 24.3 Å². The Labute approximate surface area is 125 Å². The highest BCUT2D eigenvalue weighted by Crippen LogP contribution is 2.31. The average molecular weight is 303 g/mol. The molecule has 1 heterocycles. The quantitative estimate of drug-likeness (QED) is 0.498. The van der Waals surface area contributed by atoms with E-state index in [1.807, 2.05) is 0 Å². The molecule has 0 saturated heterocycles. The largest absolute Gasteiger partial charge is 0.490 e. The number of hydrogen-bond acceptors (Lipinski definition) is 5. The number of carbonyl (C=O) groups is 1. The maximum absolute atomic E-state index is 11.2. The molecule has 0 aliphatic heterocycles. The van der Waals surface area contributed by atoms with Crippen LogP contribution in [0.25, 0.3) is 11.3 Å². The predicted molar refractivity (Wildman–Crippen MR) is 78.0 cm³/mol. The number of aromatic carboxylic acids is 1. The minimum absolute atomic E-state index is 0.0200. The van der Waals surface area contributed by atoms with Crippen molar-refractivity contribution in [2.24, 2.45) is 0 Å². The van der Waals surface area contributed by atoms with Crippen LogP contribution in [0.15, 0.2) is 36.9 Å². The molecule has 0 unspecified atom stereocenters. The Balaban J connectivity index is 2.54. The van der Waals surface area contributed by atoms with Crippen molar-refractivity contribution in [3.63, 3.8) is 0 Å². The van der Waals surface area contributed by atoms with E-state index in [4.69, 9.17) is 9.84 Å². The first kappa shape index (κ1) is 15.2. The number of carboxylic acid groups (broad SMARTS) is 1. The second-order valence-corrected chi connectivity index (χ2v) is 4.33. The van der Waals surface area contributed by atoms with Gasteiger partial charge in [0.15, 0.2) is 5.75 Å². The topological polar surface area (TPSA) is 107 Å². The van der Waals surface area contributed by atoms with Crippen LogP contribution in [0.3, 0.4) is 0 Å². The van der Waals surface area contributed by atoms with Crippen molar-refractivity contribution < 1.29 is 19.6 Å². The summed E-state index contributed by atoms with van der Waals surface area (Å²) in [7, 11) is 1.34. The summed E-state index contributed by atoms with van der Waals surface area (Å²) >= 11 is 0. The Morgan fingerprint density at radius 1 is 1.55 bits per heavy atom. The molecule has 0 spiro atoms. The smallest absolute Gasteiger partial charge is 0.354 e. The van der Waals surface area contributed by atoms with E-state index in [0.717, 1.165) is 0 Å². The van der Waals surface area contributed by atoms with Gasteiger partial charge >= 0.3 is 11.7 Å². The SMILES string of the molecule is C=CCn1nc(-c2ccc(OC)c([N+](=O)[O-])c2)cc1C(=O)O. The third kappa shape index (κ3) is 2.80. The second kappa shape index (κ2) is 6.08. The summed E-state index contributed by atoms with van der Waals surface area (Å²) < 4.78 is 6.19. The van der Waals surface area contributed by atoms with Gasteiger partial charge in [0.1, 0.15) is 5.69 Å². The van der Waals surface area contributed by atoms with Gasteiger partial charge in [-0.05, 0) is 18.2 Å². The number of rotatable bonds is 6. The molecular formula is C14H13N3O5. The normalized spacial score (nSPS) is 10.2. The summed E-state index contributed by atoms with van der Waals surface area (Å²) in [4.78, 5) is 21.7. The van der Waals surface area contributed by atoms with Crippen LogP contribution in [0.1, 0.15) is 10.5 Å². The fourth-order valence-electron chi connectivity index (χ4n) is 1.98. The van der Waals surface area contributed by atoms with Crippen LogP contribution in [0.4, 0.5) is 5.69 Å². The van der Waals surface area contributed by atoms with Crippen molar-refractivity contribution in [3.05, 3.63) is 52.7 Å². The minimum Gasteiger partial charge on any atom is -0.490 e. The number of carboxylic acids is 1. The number of aromatic nitrogens is 2. The Hall–Kier alpha value is -3.16. The summed E-state index contributed by atoms with van der Waals surface area (Å²) in [6.45, 7) is 3.76. The number of hydrogen-bond donors (Lipinski definition) is 1. The highest BCUT2D eigenvalue weighted by atomic mass is 16.6. The molecule has 0 amide bonds. The molecule has 1 aromatic carbocycles. The summed E-state index contributed by atoms with van der Waals surface area (Å²) in [5, 5.41) is 24.3. The highest BCUT2D eigenvalue weighted by Gasteiger charge is 2.19. The maximum atomic E-state index is 11.2. The lowest BCUT2D eigenvalue weighted by atomic mass is 10.1. The van der Waals surface area contributed by atoms with Crippen LogP contribution in [-0.2, 0) is 6.54 Å². The molecule has 0 aliphatic rings. The first-order chi connectivity index (χ1) is 10.5. The minimum atomic E-state index is -1.14. The van der Waals surface area contributed by atoms with Gasteiger partial charge in [-0.1, -0.05) is 6.08 Å². The van der Waals surface area contributed by atoms with E-state index in [2.05, 4.69) is 11.7 Å². The lowest BCUT2D eigenvalue weighted by Gasteiger charge is -2.03. The molecule has 1 aromatic heterocycles. The standard InChI is InChI=1S/C14H13N3O5/c1-3-6-16-12(14(18)19)8-10(15-16)9-4-5-13(22-2)11(7-9)17(20)21/h3-5,7-8H,1,6H2,2H3,(H,18,19). The average Bonchev–Trinajstić information content (AvgIpc) is 2.91. The maximum Gasteiger partial charge on any atom is 0.354 e. The number of allylic oxidation sites excluding steroid dienone is 1. The highest BCUT2D eigenvalue weighted by molar-refractivity contribution is 5.87. The fourth-order valence-corrected chi connectivity index (χ4v) is 1.98. The summed E-state index contributed by atoms with van der Waals surface area (Å²) in [6.07, 6.45) is 1.51. The molecule has 0 aliphatic carbocycles. The zero-order valence-electron chi connectivity index (χ0n) is 11.7. The molecule has 8 heteroatoms. The van der Waals surface area contributed by atoms with Crippen molar-refractivity contribution in [2.45, 2.75) is 6.54 Å². The van der Waals surface area contributed by atoms with Crippen molar-refractivity contribution >= 4 is 11.7 Å². The van der Waals surface area contributed by atoms with E-state index in [9.17, 15) is 14.9 Å². The number of nitro groups is 1. The van der Waals surface area contributed by atoms with Crippen molar-refractivity contribution in [1.82, 2.24) is 9.78 Å². The number of nitro benzene ring substituents is 1.